The van der Waals surface area contributed by atoms with Crippen molar-refractivity contribution in [2.75, 3.05) is 0 Å². The van der Waals surface area contributed by atoms with E-state index in [9.17, 15) is 0 Å². The highest BCUT2D eigenvalue weighted by atomic mass is 32.1. The van der Waals surface area contributed by atoms with Crippen molar-refractivity contribution in [1.82, 2.24) is 19.1 Å². The van der Waals surface area contributed by atoms with Crippen molar-refractivity contribution in [3.05, 3.63) is 194 Å². The van der Waals surface area contributed by atoms with Crippen molar-refractivity contribution >= 4 is 75.3 Å². The summed E-state index contributed by atoms with van der Waals surface area (Å²) in [6.45, 7) is 0. The third-order valence-electron chi connectivity index (χ3n) is 11.4. The first-order chi connectivity index (χ1) is 28.3. The number of para-hydroxylation sites is 3. The highest BCUT2D eigenvalue weighted by Crippen LogP contribution is 2.41. The molecule has 0 aliphatic carbocycles. The van der Waals surface area contributed by atoms with Crippen molar-refractivity contribution in [3.8, 4) is 45.1 Å². The molecule has 4 aromatic heterocycles. The summed E-state index contributed by atoms with van der Waals surface area (Å²) < 4.78 is 5.96. The van der Waals surface area contributed by atoms with Gasteiger partial charge < -0.3 is 9.13 Å². The Kier molecular flexibility index (Phi) is 7.06. The third-order valence-corrected chi connectivity index (χ3v) is 12.4. The molecule has 0 aliphatic heterocycles. The Bertz CT molecular complexity index is 3500. The molecule has 0 spiro atoms. The van der Waals surface area contributed by atoms with Crippen molar-refractivity contribution in [3.63, 3.8) is 0 Å². The molecule has 5 heteroatoms. The van der Waals surface area contributed by atoms with E-state index in [1.807, 2.05) is 0 Å². The van der Waals surface area contributed by atoms with E-state index in [0.29, 0.717) is 0 Å². The minimum atomic E-state index is 0.732. The Labute approximate surface area is 332 Å². The predicted octanol–water partition coefficient (Wildman–Crippen LogP) is 14.0. The zero-order chi connectivity index (χ0) is 37.5. The minimum absolute atomic E-state index is 0.732. The lowest BCUT2D eigenvalue weighted by atomic mass is 10.0. The molecule has 12 rings (SSSR count). The molecule has 0 saturated carbocycles. The summed E-state index contributed by atoms with van der Waals surface area (Å²) in [6, 6.07) is 69.6. The molecule has 8 aromatic carbocycles. The van der Waals surface area contributed by atoms with Crippen LogP contribution < -0.4 is 0 Å². The van der Waals surface area contributed by atoms with Gasteiger partial charge in [-0.05, 0) is 90.0 Å². The number of benzene rings is 8. The lowest BCUT2D eigenvalue weighted by Gasteiger charge is -2.11. The van der Waals surface area contributed by atoms with Crippen LogP contribution in [0.2, 0.25) is 0 Å². The Morgan fingerprint density at radius 1 is 0.351 bits per heavy atom. The van der Waals surface area contributed by atoms with Gasteiger partial charge >= 0.3 is 0 Å². The Balaban J connectivity index is 0.969. The summed E-state index contributed by atoms with van der Waals surface area (Å²) in [7, 11) is 0. The number of fused-ring (bicyclic) bond motifs is 9. The lowest BCUT2D eigenvalue weighted by Crippen LogP contribution is -1.96. The second-order valence-electron chi connectivity index (χ2n) is 14.6. The molecular formula is C52H32N4S. The van der Waals surface area contributed by atoms with E-state index < -0.39 is 0 Å². The van der Waals surface area contributed by atoms with E-state index in [1.165, 1.54) is 70.5 Å². The number of thiophene rings is 1. The molecule has 0 atom stereocenters. The van der Waals surface area contributed by atoms with Crippen LogP contribution in [0.15, 0.2) is 194 Å². The summed E-state index contributed by atoms with van der Waals surface area (Å²) in [5.41, 5.74) is 12.5. The predicted molar refractivity (Wildman–Crippen MR) is 240 cm³/mol. The minimum Gasteiger partial charge on any atom is -0.309 e. The third kappa shape index (κ3) is 4.99. The highest BCUT2D eigenvalue weighted by Gasteiger charge is 2.19. The molecule has 0 aliphatic rings. The van der Waals surface area contributed by atoms with Gasteiger partial charge in [-0.25, -0.2) is 9.97 Å². The summed E-state index contributed by atoms with van der Waals surface area (Å²) in [6.07, 6.45) is 0. The van der Waals surface area contributed by atoms with Crippen LogP contribution in [0.3, 0.4) is 0 Å². The molecular weight excluding hydrogens is 713 g/mol. The highest BCUT2D eigenvalue weighted by molar-refractivity contribution is 7.25. The molecule has 4 nitrogen and oxygen atoms in total. The fourth-order valence-electron chi connectivity index (χ4n) is 8.76. The van der Waals surface area contributed by atoms with Gasteiger partial charge in [0.05, 0.1) is 27.8 Å². The topological polar surface area (TPSA) is 35.6 Å². The molecule has 0 bridgehead atoms. The maximum absolute atomic E-state index is 5.23. The molecule has 266 valence electrons. The first-order valence-corrected chi connectivity index (χ1v) is 20.1. The van der Waals surface area contributed by atoms with Gasteiger partial charge in [-0.15, -0.1) is 11.3 Å². The Morgan fingerprint density at radius 3 is 1.47 bits per heavy atom. The summed E-state index contributed by atoms with van der Waals surface area (Å²) in [5, 5.41) is 7.27. The number of aromatic nitrogens is 4. The second-order valence-corrected chi connectivity index (χ2v) is 15.6. The first-order valence-electron chi connectivity index (χ1n) is 19.2. The van der Waals surface area contributed by atoms with Gasteiger partial charge in [0.1, 0.15) is 4.83 Å². The molecule has 12 aromatic rings. The van der Waals surface area contributed by atoms with Crippen LogP contribution in [0.25, 0.3) is 109 Å². The Hall–Kier alpha value is -7.34. The second kappa shape index (κ2) is 12.6. The molecule has 0 N–H and O–H groups in total. The first kappa shape index (κ1) is 32.0. The van der Waals surface area contributed by atoms with Crippen LogP contribution >= 0.6 is 11.3 Å². The fourth-order valence-corrected chi connectivity index (χ4v) is 9.83. The molecule has 0 amide bonds. The van der Waals surface area contributed by atoms with Crippen LogP contribution in [0.1, 0.15) is 0 Å². The van der Waals surface area contributed by atoms with Crippen molar-refractivity contribution < 1.29 is 0 Å². The Morgan fingerprint density at radius 2 is 0.842 bits per heavy atom. The van der Waals surface area contributed by atoms with Crippen molar-refractivity contribution in [2.45, 2.75) is 0 Å². The van der Waals surface area contributed by atoms with Gasteiger partial charge in [-0.3, -0.25) is 0 Å². The van der Waals surface area contributed by atoms with E-state index in [1.54, 1.807) is 11.3 Å². The van der Waals surface area contributed by atoms with Crippen LogP contribution in [-0.4, -0.2) is 19.1 Å². The van der Waals surface area contributed by atoms with Crippen LogP contribution in [-0.2, 0) is 0 Å². The fraction of sp³-hybridized carbons (Fsp3) is 0. The maximum atomic E-state index is 5.23. The molecule has 4 heterocycles. The smallest absolute Gasteiger partial charge is 0.161 e. The van der Waals surface area contributed by atoms with Gasteiger partial charge in [0, 0.05) is 59.5 Å². The number of nitrogens with zero attached hydrogens (tertiary/aromatic N) is 4. The van der Waals surface area contributed by atoms with Crippen LogP contribution in [0.5, 0.6) is 0 Å². The van der Waals surface area contributed by atoms with E-state index in [2.05, 4.69) is 203 Å². The van der Waals surface area contributed by atoms with Crippen LogP contribution in [0, 0.1) is 0 Å². The zero-order valence-electron chi connectivity index (χ0n) is 30.7. The summed E-state index contributed by atoms with van der Waals surface area (Å²) >= 11 is 1.73. The van der Waals surface area contributed by atoms with Gasteiger partial charge in [-0.2, -0.15) is 0 Å². The summed E-state index contributed by atoms with van der Waals surface area (Å²) in [5.74, 6) is 0.732. The SMILES string of the molecule is c1ccc(-c2nc(-c3ccc(-n4c5ccccc5c5cc(-c6ccc7c(c6)c6ccccc6n7-c6ccccc6)ccc54)cc3)nc3sc4ccccc4c23)cc1. The average molecular weight is 745 g/mol. The van der Waals surface area contributed by atoms with E-state index in [4.69, 9.17) is 9.97 Å². The molecule has 0 saturated heterocycles. The van der Waals surface area contributed by atoms with Crippen molar-refractivity contribution in [1.29, 1.82) is 0 Å². The molecule has 0 fully saturated rings. The van der Waals surface area contributed by atoms with E-state index in [-0.39, 0.29) is 0 Å². The van der Waals surface area contributed by atoms with E-state index >= 15 is 0 Å². The zero-order valence-corrected chi connectivity index (χ0v) is 31.5. The quantitative estimate of drug-likeness (QED) is 0.176. The van der Waals surface area contributed by atoms with E-state index in [0.717, 1.165) is 38.5 Å². The number of hydrogen-bond donors (Lipinski definition) is 0. The largest absolute Gasteiger partial charge is 0.309 e. The molecule has 0 radical (unpaired) electrons. The number of hydrogen-bond acceptors (Lipinski definition) is 3. The monoisotopic (exact) mass is 744 g/mol. The average Bonchev–Trinajstić information content (AvgIpc) is 3.94. The van der Waals surface area contributed by atoms with Crippen molar-refractivity contribution in [2.24, 2.45) is 0 Å². The molecule has 57 heavy (non-hydrogen) atoms. The molecule has 0 unspecified atom stereocenters. The van der Waals surface area contributed by atoms with Crippen LogP contribution in [0.4, 0.5) is 0 Å². The van der Waals surface area contributed by atoms with Gasteiger partial charge in [0.15, 0.2) is 5.82 Å². The van der Waals surface area contributed by atoms with Gasteiger partial charge in [-0.1, -0.05) is 115 Å². The standard InChI is InChI=1S/C52H32N4S/c1-3-13-33(14-4-1)50-49-41-19-9-12-22-48(41)57-52(49)54-51(53-50)34-23-27-38(28-24-34)56-45-21-11-8-18-40(45)43-32-36(26-30-47(43)56)35-25-29-46-42(31-35)39-17-7-10-20-44(39)55(46)37-15-5-2-6-16-37/h1-32H. The maximum Gasteiger partial charge on any atom is 0.161 e. The lowest BCUT2D eigenvalue weighted by molar-refractivity contribution is 1.17. The summed E-state index contributed by atoms with van der Waals surface area (Å²) in [4.78, 5) is 11.4. The number of rotatable bonds is 5. The van der Waals surface area contributed by atoms with Gasteiger partial charge in [0.25, 0.3) is 0 Å². The normalized spacial score (nSPS) is 11.9. The van der Waals surface area contributed by atoms with Gasteiger partial charge in [0.2, 0.25) is 0 Å².